The number of nitrogens with two attached hydrogens (primary N) is 1. The summed E-state index contributed by atoms with van der Waals surface area (Å²) < 4.78 is 0. The van der Waals surface area contributed by atoms with E-state index in [0.717, 1.165) is 12.8 Å². The van der Waals surface area contributed by atoms with E-state index in [9.17, 15) is 4.79 Å². The van der Waals surface area contributed by atoms with Crippen LogP contribution >= 0.6 is 0 Å². The maximum absolute atomic E-state index is 12.4. The number of tetrazole rings is 1. The number of rotatable bonds is 2. The van der Waals surface area contributed by atoms with Crippen molar-refractivity contribution in [3.8, 4) is 0 Å². The van der Waals surface area contributed by atoms with Crippen molar-refractivity contribution in [2.45, 2.75) is 39.7 Å². The number of nitrogens with zero attached hydrogens (tertiary/aromatic N) is 4. The number of carbonyl (C=O) groups is 1. The number of hydrogen-bond donors (Lipinski definition) is 2. The van der Waals surface area contributed by atoms with Crippen LogP contribution in [0.3, 0.4) is 0 Å². The number of amides is 1. The maximum Gasteiger partial charge on any atom is 0.270 e. The van der Waals surface area contributed by atoms with E-state index in [-0.39, 0.29) is 29.2 Å². The van der Waals surface area contributed by atoms with Crippen molar-refractivity contribution >= 4 is 11.9 Å². The zero-order valence-electron chi connectivity index (χ0n) is 11.9. The van der Waals surface area contributed by atoms with Crippen LogP contribution in [0.4, 0.5) is 5.95 Å². The first-order valence-electron chi connectivity index (χ1n) is 6.63. The zero-order valence-corrected chi connectivity index (χ0v) is 11.9. The molecule has 7 nitrogen and oxygen atoms in total. The fraction of sp³-hybridized carbons (Fsp3) is 0.833. The molecule has 106 valence electrons. The largest absolute Gasteiger partial charge is 0.327 e. The molecule has 0 aromatic carbocycles. The first-order chi connectivity index (χ1) is 8.82. The van der Waals surface area contributed by atoms with Gasteiger partial charge in [-0.3, -0.25) is 10.1 Å². The third-order valence-corrected chi connectivity index (χ3v) is 4.56. The molecule has 1 aromatic heterocycles. The number of anilines is 1. The van der Waals surface area contributed by atoms with E-state index >= 15 is 0 Å². The molecule has 1 saturated carbocycles. The van der Waals surface area contributed by atoms with Gasteiger partial charge in [0.2, 0.25) is 5.91 Å². The van der Waals surface area contributed by atoms with Crippen molar-refractivity contribution in [2.24, 2.45) is 30.0 Å². The second-order valence-electron chi connectivity index (χ2n) is 6.00. The third kappa shape index (κ3) is 2.60. The predicted molar refractivity (Wildman–Crippen MR) is 71.1 cm³/mol. The Labute approximate surface area is 112 Å². The Hall–Kier alpha value is -1.50. The molecular weight excluding hydrogens is 244 g/mol. The van der Waals surface area contributed by atoms with Crippen LogP contribution in [0.15, 0.2) is 0 Å². The van der Waals surface area contributed by atoms with Crippen LogP contribution in [0.1, 0.15) is 33.6 Å². The van der Waals surface area contributed by atoms with Gasteiger partial charge in [0.25, 0.3) is 5.95 Å². The number of hydrogen-bond acceptors (Lipinski definition) is 5. The highest BCUT2D eigenvalue weighted by molar-refractivity contribution is 5.91. The highest BCUT2D eigenvalue weighted by Gasteiger charge is 2.45. The minimum Gasteiger partial charge on any atom is -0.327 e. The third-order valence-electron chi connectivity index (χ3n) is 4.56. The fourth-order valence-electron chi connectivity index (χ4n) is 2.85. The minimum absolute atomic E-state index is 0.0447. The van der Waals surface area contributed by atoms with Crippen LogP contribution in [0.25, 0.3) is 0 Å². The standard InChI is InChI=1S/C12H22N6O/c1-7-9(13)6-5-8(12(7,2)3)10(19)14-11-15-17-18(4)16-11/h7-9H,5-6,13H2,1-4H3,(H,14,16,19). The van der Waals surface area contributed by atoms with Gasteiger partial charge in [0.1, 0.15) is 0 Å². The molecule has 7 heteroatoms. The topological polar surface area (TPSA) is 98.7 Å². The summed E-state index contributed by atoms with van der Waals surface area (Å²) in [4.78, 5) is 13.7. The van der Waals surface area contributed by atoms with Gasteiger partial charge in [0.15, 0.2) is 0 Å². The molecule has 3 N–H and O–H groups in total. The van der Waals surface area contributed by atoms with Crippen molar-refractivity contribution < 1.29 is 4.79 Å². The van der Waals surface area contributed by atoms with Gasteiger partial charge in [0, 0.05) is 12.0 Å². The van der Waals surface area contributed by atoms with Crippen molar-refractivity contribution in [3.63, 3.8) is 0 Å². The highest BCUT2D eigenvalue weighted by Crippen LogP contribution is 2.44. The molecule has 0 spiro atoms. The molecule has 0 radical (unpaired) electrons. The summed E-state index contributed by atoms with van der Waals surface area (Å²) in [5, 5.41) is 14.2. The molecule has 1 amide bonds. The van der Waals surface area contributed by atoms with E-state index in [0.29, 0.717) is 5.92 Å². The average Bonchev–Trinajstić information content (AvgIpc) is 2.71. The Morgan fingerprint density at radius 1 is 1.47 bits per heavy atom. The van der Waals surface area contributed by atoms with E-state index < -0.39 is 0 Å². The van der Waals surface area contributed by atoms with E-state index in [4.69, 9.17) is 5.73 Å². The summed E-state index contributed by atoms with van der Waals surface area (Å²) in [6, 6.07) is 0.161. The quantitative estimate of drug-likeness (QED) is 0.814. The van der Waals surface area contributed by atoms with Gasteiger partial charge < -0.3 is 5.73 Å². The Morgan fingerprint density at radius 3 is 2.74 bits per heavy atom. The average molecular weight is 266 g/mol. The number of aromatic nitrogens is 4. The zero-order chi connectivity index (χ0) is 14.2. The normalized spacial score (nSPS) is 30.1. The van der Waals surface area contributed by atoms with Gasteiger partial charge in [-0.1, -0.05) is 25.9 Å². The van der Waals surface area contributed by atoms with Crippen LogP contribution in [-0.2, 0) is 11.8 Å². The molecule has 1 heterocycles. The predicted octanol–water partition coefficient (Wildman–Crippen LogP) is 0.548. The first-order valence-corrected chi connectivity index (χ1v) is 6.63. The van der Waals surface area contributed by atoms with Gasteiger partial charge in [-0.05, 0) is 29.4 Å². The number of carbonyl (C=O) groups excluding carboxylic acids is 1. The van der Waals surface area contributed by atoms with Crippen molar-refractivity contribution in [1.29, 1.82) is 0 Å². The summed E-state index contributed by atoms with van der Waals surface area (Å²) in [5.74, 6) is 0.431. The van der Waals surface area contributed by atoms with Crippen LogP contribution in [0.2, 0.25) is 0 Å². The second-order valence-corrected chi connectivity index (χ2v) is 6.00. The van der Waals surface area contributed by atoms with Gasteiger partial charge in [-0.15, -0.1) is 5.10 Å². The lowest BCUT2D eigenvalue weighted by atomic mass is 9.61. The maximum atomic E-state index is 12.4. The monoisotopic (exact) mass is 266 g/mol. The molecule has 0 aliphatic heterocycles. The number of aryl methyl sites for hydroxylation is 1. The highest BCUT2D eigenvalue weighted by atomic mass is 16.2. The Morgan fingerprint density at radius 2 is 2.16 bits per heavy atom. The SMILES string of the molecule is CC1C(N)CCC(C(=O)Nc2nnn(C)n2)C1(C)C. The van der Waals surface area contributed by atoms with E-state index in [1.807, 2.05) is 0 Å². The molecule has 19 heavy (non-hydrogen) atoms. The van der Waals surface area contributed by atoms with Crippen LogP contribution in [-0.4, -0.2) is 32.2 Å². The van der Waals surface area contributed by atoms with Gasteiger partial charge in [-0.25, -0.2) is 0 Å². The fourth-order valence-corrected chi connectivity index (χ4v) is 2.85. The van der Waals surface area contributed by atoms with E-state index in [1.165, 1.54) is 4.80 Å². The summed E-state index contributed by atoms with van der Waals surface area (Å²) in [6.07, 6.45) is 1.67. The summed E-state index contributed by atoms with van der Waals surface area (Å²) in [5.41, 5.74) is 5.97. The Kier molecular flexibility index (Phi) is 3.58. The van der Waals surface area contributed by atoms with Crippen molar-refractivity contribution in [3.05, 3.63) is 0 Å². The lowest BCUT2D eigenvalue weighted by Gasteiger charge is -2.45. The molecule has 2 rings (SSSR count). The van der Waals surface area contributed by atoms with Gasteiger partial charge in [0.05, 0.1) is 7.05 Å². The summed E-state index contributed by atoms with van der Waals surface area (Å²) >= 11 is 0. The molecule has 1 aromatic rings. The molecule has 1 aliphatic rings. The van der Waals surface area contributed by atoms with Gasteiger partial charge in [-0.2, -0.15) is 4.80 Å². The summed E-state index contributed by atoms with van der Waals surface area (Å²) in [6.45, 7) is 6.32. The van der Waals surface area contributed by atoms with Crippen molar-refractivity contribution in [1.82, 2.24) is 20.2 Å². The minimum atomic E-state index is -0.135. The number of nitrogens with one attached hydrogen (secondary N) is 1. The van der Waals surface area contributed by atoms with Crippen LogP contribution in [0.5, 0.6) is 0 Å². The summed E-state index contributed by atoms with van der Waals surface area (Å²) in [7, 11) is 1.66. The lowest BCUT2D eigenvalue weighted by molar-refractivity contribution is -0.127. The molecular formula is C12H22N6O. The van der Waals surface area contributed by atoms with Crippen LogP contribution in [0, 0.1) is 17.3 Å². The van der Waals surface area contributed by atoms with Crippen LogP contribution < -0.4 is 11.1 Å². The molecule has 0 bridgehead atoms. The first kappa shape index (κ1) is 13.9. The van der Waals surface area contributed by atoms with E-state index in [1.54, 1.807) is 7.05 Å². The molecule has 3 atom stereocenters. The van der Waals surface area contributed by atoms with Crippen molar-refractivity contribution in [2.75, 3.05) is 5.32 Å². The Bertz CT molecular complexity index is 469. The molecule has 1 aliphatic carbocycles. The lowest BCUT2D eigenvalue weighted by Crippen LogP contribution is -2.50. The molecule has 3 unspecified atom stereocenters. The molecule has 0 saturated heterocycles. The Balaban J connectivity index is 2.10. The second kappa shape index (κ2) is 4.88. The smallest absolute Gasteiger partial charge is 0.270 e. The van der Waals surface area contributed by atoms with Gasteiger partial charge >= 0.3 is 0 Å². The van der Waals surface area contributed by atoms with E-state index in [2.05, 4.69) is 41.5 Å². The molecule has 1 fully saturated rings.